The van der Waals surface area contributed by atoms with E-state index < -0.39 is 11.1 Å². The number of hydrogen-bond donors (Lipinski definition) is 2. The minimum absolute atomic E-state index is 0.111. The summed E-state index contributed by atoms with van der Waals surface area (Å²) in [5, 5.41) is 12.7. The summed E-state index contributed by atoms with van der Waals surface area (Å²) in [5.41, 5.74) is 7.54. The Balaban J connectivity index is 1.59. The van der Waals surface area contributed by atoms with Crippen LogP contribution in [0.15, 0.2) is 47.5 Å². The number of guanidine groups is 1. The summed E-state index contributed by atoms with van der Waals surface area (Å²) in [6.07, 6.45) is 2.34. The molecule has 2 aromatic carbocycles. The van der Waals surface area contributed by atoms with Gasteiger partial charge in [0.15, 0.2) is 5.96 Å². The quantitative estimate of drug-likeness (QED) is 0.633. The lowest BCUT2D eigenvalue weighted by molar-refractivity contribution is -0.130. The van der Waals surface area contributed by atoms with Crippen LogP contribution in [0.3, 0.4) is 0 Å². The predicted octanol–water partition coefficient (Wildman–Crippen LogP) is 4.20. The van der Waals surface area contributed by atoms with Crippen molar-refractivity contribution in [3.63, 3.8) is 0 Å². The number of nitrogens with two attached hydrogens (primary N) is 1. The van der Waals surface area contributed by atoms with Crippen LogP contribution in [0, 0.1) is 11.3 Å². The highest BCUT2D eigenvalue weighted by Gasteiger charge is 2.37. The van der Waals surface area contributed by atoms with Crippen LogP contribution in [0.25, 0.3) is 0 Å². The van der Waals surface area contributed by atoms with Gasteiger partial charge < -0.3 is 15.8 Å². The van der Waals surface area contributed by atoms with Crippen molar-refractivity contribution >= 4 is 17.8 Å². The van der Waals surface area contributed by atoms with Crippen LogP contribution in [0.5, 0.6) is 5.75 Å². The van der Waals surface area contributed by atoms with Crippen LogP contribution in [-0.4, -0.2) is 33.8 Å². The molecule has 8 nitrogen and oxygen atoms in total. The Morgan fingerprint density at radius 3 is 2.64 bits per heavy atom. The molecule has 188 valence electrons. The molecule has 2 aliphatic rings. The molecule has 2 aromatic rings. The van der Waals surface area contributed by atoms with Crippen LogP contribution >= 0.6 is 0 Å². The molecule has 4 rings (SSSR count). The monoisotopic (exact) mass is 487 g/mol. The second kappa shape index (κ2) is 9.65. The van der Waals surface area contributed by atoms with Crippen LogP contribution in [0.1, 0.15) is 86.5 Å². The van der Waals surface area contributed by atoms with Gasteiger partial charge in [-0.05, 0) is 56.5 Å². The number of rotatable bonds is 6. The van der Waals surface area contributed by atoms with E-state index in [2.05, 4.69) is 16.4 Å². The maximum absolute atomic E-state index is 13.3. The molecule has 0 bridgehead atoms. The van der Waals surface area contributed by atoms with Crippen LogP contribution < -0.4 is 15.8 Å². The number of aliphatic imine (C=N–C) groups is 1. The van der Waals surface area contributed by atoms with E-state index in [4.69, 9.17) is 10.5 Å². The number of amides is 2. The first-order chi connectivity index (χ1) is 17.1. The number of ether oxygens (including phenoxy) is 1. The van der Waals surface area contributed by atoms with Gasteiger partial charge in [0, 0.05) is 17.5 Å². The average molecular weight is 488 g/mol. The fraction of sp³-hybridized carbons (Fsp3) is 0.429. The minimum Gasteiger partial charge on any atom is -0.487 e. The van der Waals surface area contributed by atoms with E-state index in [1.54, 1.807) is 18.2 Å². The summed E-state index contributed by atoms with van der Waals surface area (Å²) in [6.45, 7) is 8.12. The van der Waals surface area contributed by atoms with Gasteiger partial charge in [-0.3, -0.25) is 14.5 Å². The molecule has 36 heavy (non-hydrogen) atoms. The summed E-state index contributed by atoms with van der Waals surface area (Å²) in [6, 6.07) is 14.5. The zero-order valence-electron chi connectivity index (χ0n) is 21.3. The topological polar surface area (TPSA) is 121 Å². The molecule has 2 aliphatic heterocycles. The summed E-state index contributed by atoms with van der Waals surface area (Å²) in [5.74, 6) is 0.512. The van der Waals surface area contributed by atoms with Crippen molar-refractivity contribution in [1.82, 2.24) is 10.2 Å². The molecular weight excluding hydrogens is 454 g/mol. The first-order valence-electron chi connectivity index (χ1n) is 12.4. The number of carbonyl (C=O) groups is 2. The molecule has 0 fully saturated rings. The van der Waals surface area contributed by atoms with Crippen molar-refractivity contribution < 1.29 is 14.3 Å². The number of carbonyl (C=O) groups excluding carboxylic acids is 2. The predicted molar refractivity (Wildman–Crippen MR) is 137 cm³/mol. The Kier molecular flexibility index (Phi) is 6.77. The van der Waals surface area contributed by atoms with E-state index in [1.165, 1.54) is 4.90 Å². The third-order valence-electron chi connectivity index (χ3n) is 7.13. The van der Waals surface area contributed by atoms with E-state index in [1.807, 2.05) is 52.0 Å². The molecule has 2 heterocycles. The standard InChI is InChI=1S/C28H33N5O3/c1-5-28(6-2)15-24(34)33(26(30)32-28)17-19-11-18(16-29)12-20(13-19)25(35)31-22-14-27(3,4)36-23-10-8-7-9-21(22)23/h7-13,22H,5-6,14-15,17H2,1-4H3,(H2,30,32)(H,31,35)/t22-/m0/s1. The summed E-state index contributed by atoms with van der Waals surface area (Å²) in [4.78, 5) is 32.4. The van der Waals surface area contributed by atoms with Crippen LogP contribution in [-0.2, 0) is 11.3 Å². The molecule has 1 atom stereocenters. The third kappa shape index (κ3) is 5.06. The van der Waals surface area contributed by atoms with Gasteiger partial charge in [0.2, 0.25) is 5.91 Å². The lowest BCUT2D eigenvalue weighted by Crippen LogP contribution is -2.50. The Morgan fingerprint density at radius 2 is 1.97 bits per heavy atom. The number of nitrogens with one attached hydrogen (secondary N) is 1. The van der Waals surface area contributed by atoms with Crippen LogP contribution in [0.4, 0.5) is 0 Å². The SMILES string of the molecule is CCC1(CC)CC(=O)N(Cc2cc(C#N)cc(C(=O)N[C@H]3CC(C)(C)Oc4ccccc43)c2)C(N)=N1. The molecule has 0 aromatic heterocycles. The van der Waals surface area contributed by atoms with Crippen molar-refractivity contribution in [1.29, 1.82) is 5.26 Å². The number of benzene rings is 2. The van der Waals surface area contributed by atoms with Gasteiger partial charge in [-0.15, -0.1) is 0 Å². The van der Waals surface area contributed by atoms with Crippen molar-refractivity contribution in [2.75, 3.05) is 0 Å². The van der Waals surface area contributed by atoms with Gasteiger partial charge in [0.1, 0.15) is 11.4 Å². The van der Waals surface area contributed by atoms with Gasteiger partial charge in [0.25, 0.3) is 5.91 Å². The average Bonchev–Trinajstić information content (AvgIpc) is 2.85. The molecule has 0 saturated heterocycles. The van der Waals surface area contributed by atoms with Crippen molar-refractivity contribution in [3.05, 3.63) is 64.7 Å². The lowest BCUT2D eigenvalue weighted by atomic mass is 9.88. The fourth-order valence-electron chi connectivity index (χ4n) is 5.01. The van der Waals surface area contributed by atoms with E-state index in [0.717, 1.165) is 24.2 Å². The normalized spacial score (nSPS) is 20.0. The number of nitriles is 1. The summed E-state index contributed by atoms with van der Waals surface area (Å²) in [7, 11) is 0. The molecule has 0 saturated carbocycles. The number of nitrogens with zero attached hydrogens (tertiary/aromatic N) is 3. The molecular formula is C28H33N5O3. The number of hydrogen-bond acceptors (Lipinski definition) is 6. The largest absolute Gasteiger partial charge is 0.487 e. The maximum Gasteiger partial charge on any atom is 0.251 e. The molecule has 8 heteroatoms. The smallest absolute Gasteiger partial charge is 0.251 e. The van der Waals surface area contributed by atoms with Crippen LogP contribution in [0.2, 0.25) is 0 Å². The second-order valence-electron chi connectivity index (χ2n) is 10.2. The highest BCUT2D eigenvalue weighted by molar-refractivity contribution is 5.99. The Labute approximate surface area is 212 Å². The highest BCUT2D eigenvalue weighted by atomic mass is 16.5. The number of fused-ring (bicyclic) bond motifs is 1. The molecule has 3 N–H and O–H groups in total. The highest BCUT2D eigenvalue weighted by Crippen LogP contribution is 2.39. The first-order valence-corrected chi connectivity index (χ1v) is 12.4. The zero-order chi connectivity index (χ0) is 26.1. The maximum atomic E-state index is 13.3. The van der Waals surface area contributed by atoms with E-state index >= 15 is 0 Å². The second-order valence-corrected chi connectivity index (χ2v) is 10.2. The number of para-hydroxylation sites is 1. The Morgan fingerprint density at radius 1 is 1.25 bits per heavy atom. The van der Waals surface area contributed by atoms with Gasteiger partial charge in [-0.2, -0.15) is 5.26 Å². The molecule has 0 spiro atoms. The van der Waals surface area contributed by atoms with Crippen molar-refractivity contribution in [2.45, 2.75) is 77.1 Å². The Bertz CT molecular complexity index is 1260. The van der Waals surface area contributed by atoms with Gasteiger partial charge in [0.05, 0.1) is 36.2 Å². The Hall–Kier alpha value is -3.86. The van der Waals surface area contributed by atoms with E-state index in [-0.39, 0.29) is 36.8 Å². The molecule has 0 unspecified atom stereocenters. The van der Waals surface area contributed by atoms with Gasteiger partial charge in [-0.1, -0.05) is 32.0 Å². The summed E-state index contributed by atoms with van der Waals surface area (Å²) < 4.78 is 6.07. The minimum atomic E-state index is -0.467. The van der Waals surface area contributed by atoms with Crippen molar-refractivity contribution in [2.24, 2.45) is 10.7 Å². The molecule has 2 amide bonds. The van der Waals surface area contributed by atoms with Gasteiger partial charge in [-0.25, -0.2) is 4.99 Å². The van der Waals surface area contributed by atoms with E-state index in [9.17, 15) is 14.9 Å². The third-order valence-corrected chi connectivity index (χ3v) is 7.13. The lowest BCUT2D eigenvalue weighted by Gasteiger charge is -2.38. The fourth-order valence-corrected chi connectivity index (χ4v) is 5.01. The van der Waals surface area contributed by atoms with Gasteiger partial charge >= 0.3 is 0 Å². The summed E-state index contributed by atoms with van der Waals surface area (Å²) >= 11 is 0. The molecule has 0 radical (unpaired) electrons. The van der Waals surface area contributed by atoms with Crippen molar-refractivity contribution in [3.8, 4) is 11.8 Å². The zero-order valence-corrected chi connectivity index (χ0v) is 21.3. The molecule has 0 aliphatic carbocycles. The first kappa shape index (κ1) is 25.2. The van der Waals surface area contributed by atoms with E-state index in [0.29, 0.717) is 23.1 Å².